The van der Waals surface area contributed by atoms with E-state index in [9.17, 15) is 0 Å². The maximum atomic E-state index is 4.25. The summed E-state index contributed by atoms with van der Waals surface area (Å²) >= 11 is 2.23. The number of benzene rings is 1. The Morgan fingerprint density at radius 3 is 2.35 bits per heavy atom. The van der Waals surface area contributed by atoms with Crippen LogP contribution in [-0.4, -0.2) is 9.97 Å². The second-order valence-electron chi connectivity index (χ2n) is 4.12. The molecular weight excluding hydrogens is 325 g/mol. The summed E-state index contributed by atoms with van der Waals surface area (Å²) in [5, 5.41) is 3.38. The maximum Gasteiger partial charge on any atom is 0.147 e. The van der Waals surface area contributed by atoms with Crippen molar-refractivity contribution in [1.82, 2.24) is 9.97 Å². The number of anilines is 2. The fourth-order valence-electron chi connectivity index (χ4n) is 1.90. The van der Waals surface area contributed by atoms with Gasteiger partial charge in [-0.05, 0) is 54.5 Å². The molecule has 0 radical (unpaired) electrons. The van der Waals surface area contributed by atoms with Gasteiger partial charge in [0.25, 0.3) is 0 Å². The first-order valence-corrected chi connectivity index (χ1v) is 6.46. The minimum absolute atomic E-state index is 0.857. The van der Waals surface area contributed by atoms with E-state index >= 15 is 0 Å². The number of hydrogen-bond acceptors (Lipinski definition) is 3. The van der Waals surface area contributed by atoms with Crippen LogP contribution in [0, 0.1) is 24.3 Å². The lowest BCUT2D eigenvalue weighted by molar-refractivity contribution is 1.14. The molecule has 0 aliphatic rings. The molecule has 4 heteroatoms. The number of rotatable bonds is 2. The summed E-state index contributed by atoms with van der Waals surface area (Å²) in [7, 11) is 0. The van der Waals surface area contributed by atoms with Gasteiger partial charge >= 0.3 is 0 Å². The molecule has 1 aromatic carbocycles. The minimum Gasteiger partial charge on any atom is -0.339 e. The maximum absolute atomic E-state index is 4.25. The molecule has 0 aliphatic heterocycles. The summed E-state index contributed by atoms with van der Waals surface area (Å²) in [6.45, 7) is 6.32. The second kappa shape index (κ2) is 5.00. The molecule has 17 heavy (non-hydrogen) atoms. The largest absolute Gasteiger partial charge is 0.339 e. The topological polar surface area (TPSA) is 37.8 Å². The third kappa shape index (κ3) is 2.74. The fourth-order valence-corrected chi connectivity index (χ4v) is 2.34. The average molecular weight is 339 g/mol. The van der Waals surface area contributed by atoms with Gasteiger partial charge in [-0.1, -0.05) is 17.7 Å². The van der Waals surface area contributed by atoms with Crippen LogP contribution < -0.4 is 5.32 Å². The van der Waals surface area contributed by atoms with Crippen LogP contribution in [0.15, 0.2) is 24.7 Å². The van der Waals surface area contributed by atoms with Gasteiger partial charge in [-0.25, -0.2) is 9.97 Å². The van der Waals surface area contributed by atoms with Crippen molar-refractivity contribution in [2.24, 2.45) is 0 Å². The zero-order valence-corrected chi connectivity index (χ0v) is 12.2. The number of hydrogen-bond donors (Lipinski definition) is 1. The minimum atomic E-state index is 0.857. The summed E-state index contributed by atoms with van der Waals surface area (Å²) < 4.78 is 1.02. The highest BCUT2D eigenvalue weighted by Crippen LogP contribution is 2.26. The number of halogens is 1. The van der Waals surface area contributed by atoms with Crippen molar-refractivity contribution in [2.45, 2.75) is 20.8 Å². The van der Waals surface area contributed by atoms with Crippen LogP contribution in [0.2, 0.25) is 0 Å². The predicted molar refractivity (Wildman–Crippen MR) is 78.7 cm³/mol. The van der Waals surface area contributed by atoms with Gasteiger partial charge in [-0.3, -0.25) is 0 Å². The molecule has 1 aromatic heterocycles. The van der Waals surface area contributed by atoms with E-state index in [4.69, 9.17) is 0 Å². The monoisotopic (exact) mass is 339 g/mol. The molecule has 0 amide bonds. The Morgan fingerprint density at radius 2 is 1.76 bits per heavy atom. The highest BCUT2D eigenvalue weighted by Gasteiger charge is 2.07. The third-order valence-corrected chi connectivity index (χ3v) is 3.38. The number of nitrogens with one attached hydrogen (secondary N) is 1. The lowest BCUT2D eigenvalue weighted by Crippen LogP contribution is -2.01. The van der Waals surface area contributed by atoms with Gasteiger partial charge in [-0.15, -0.1) is 0 Å². The van der Waals surface area contributed by atoms with E-state index in [1.54, 1.807) is 12.5 Å². The predicted octanol–water partition coefficient (Wildman–Crippen LogP) is 3.75. The first-order chi connectivity index (χ1) is 8.08. The standard InChI is InChI=1S/C13H14IN3/c1-8-4-9(2)12(10(3)5-8)17-13-11(14)6-15-7-16-13/h4-7H,1-3H3,(H,15,16,17). The third-order valence-electron chi connectivity index (χ3n) is 2.59. The van der Waals surface area contributed by atoms with Gasteiger partial charge in [0.1, 0.15) is 12.1 Å². The molecular formula is C13H14IN3. The average Bonchev–Trinajstić information content (AvgIpc) is 2.25. The number of aryl methyl sites for hydroxylation is 3. The molecule has 0 saturated heterocycles. The van der Waals surface area contributed by atoms with Gasteiger partial charge in [0.05, 0.1) is 3.57 Å². The zero-order chi connectivity index (χ0) is 12.4. The summed E-state index contributed by atoms with van der Waals surface area (Å²) in [6, 6.07) is 4.34. The molecule has 0 spiro atoms. The summed E-state index contributed by atoms with van der Waals surface area (Å²) in [4.78, 5) is 8.24. The zero-order valence-electron chi connectivity index (χ0n) is 10.1. The molecule has 2 aromatic rings. The van der Waals surface area contributed by atoms with Gasteiger partial charge in [0.2, 0.25) is 0 Å². The van der Waals surface area contributed by atoms with Crippen molar-refractivity contribution >= 4 is 34.1 Å². The van der Waals surface area contributed by atoms with Gasteiger partial charge in [-0.2, -0.15) is 0 Å². The number of nitrogens with zero attached hydrogens (tertiary/aromatic N) is 2. The summed E-state index contributed by atoms with van der Waals surface area (Å²) in [5.41, 5.74) is 4.88. The first-order valence-electron chi connectivity index (χ1n) is 5.38. The Labute approximate surface area is 115 Å². The molecule has 1 heterocycles. The van der Waals surface area contributed by atoms with Crippen molar-refractivity contribution in [3.8, 4) is 0 Å². The van der Waals surface area contributed by atoms with Gasteiger partial charge < -0.3 is 5.32 Å². The Kier molecular flexibility index (Phi) is 3.61. The van der Waals surface area contributed by atoms with E-state index in [0.29, 0.717) is 0 Å². The van der Waals surface area contributed by atoms with Gasteiger partial charge in [0, 0.05) is 11.9 Å². The molecule has 0 unspecified atom stereocenters. The molecule has 1 N–H and O–H groups in total. The van der Waals surface area contributed by atoms with Gasteiger partial charge in [0.15, 0.2) is 0 Å². The lowest BCUT2D eigenvalue weighted by atomic mass is 10.1. The van der Waals surface area contributed by atoms with E-state index in [2.05, 4.69) is 70.8 Å². The van der Waals surface area contributed by atoms with Crippen molar-refractivity contribution in [2.75, 3.05) is 5.32 Å². The van der Waals surface area contributed by atoms with Crippen LogP contribution in [0.5, 0.6) is 0 Å². The van der Waals surface area contributed by atoms with Crippen LogP contribution in [0.25, 0.3) is 0 Å². The smallest absolute Gasteiger partial charge is 0.147 e. The molecule has 3 nitrogen and oxygen atoms in total. The van der Waals surface area contributed by atoms with Crippen LogP contribution >= 0.6 is 22.6 Å². The highest BCUT2D eigenvalue weighted by molar-refractivity contribution is 14.1. The van der Waals surface area contributed by atoms with E-state index in [0.717, 1.165) is 15.1 Å². The van der Waals surface area contributed by atoms with Crippen molar-refractivity contribution in [3.05, 3.63) is 44.9 Å². The number of aromatic nitrogens is 2. The quantitative estimate of drug-likeness (QED) is 0.847. The molecule has 2 rings (SSSR count). The molecule has 0 atom stereocenters. The SMILES string of the molecule is Cc1cc(C)c(Nc2ncncc2I)c(C)c1. The van der Waals surface area contributed by atoms with Crippen molar-refractivity contribution < 1.29 is 0 Å². The highest BCUT2D eigenvalue weighted by atomic mass is 127. The lowest BCUT2D eigenvalue weighted by Gasteiger charge is -2.13. The van der Waals surface area contributed by atoms with E-state index in [1.807, 2.05) is 0 Å². The van der Waals surface area contributed by atoms with Crippen LogP contribution in [0.1, 0.15) is 16.7 Å². The van der Waals surface area contributed by atoms with E-state index in [1.165, 1.54) is 16.7 Å². The molecule has 0 fully saturated rings. The van der Waals surface area contributed by atoms with E-state index < -0.39 is 0 Å². The summed E-state index contributed by atoms with van der Waals surface area (Å²) in [6.07, 6.45) is 3.36. The molecule has 0 saturated carbocycles. The molecule has 0 bridgehead atoms. The first kappa shape index (κ1) is 12.3. The molecule has 88 valence electrons. The Bertz CT molecular complexity index is 529. The Balaban J connectivity index is 2.40. The molecule has 0 aliphatic carbocycles. The Hall–Kier alpha value is -1.17. The van der Waals surface area contributed by atoms with Crippen molar-refractivity contribution in [1.29, 1.82) is 0 Å². The van der Waals surface area contributed by atoms with Crippen LogP contribution in [-0.2, 0) is 0 Å². The summed E-state index contributed by atoms with van der Waals surface area (Å²) in [5.74, 6) is 0.857. The Morgan fingerprint density at radius 1 is 1.12 bits per heavy atom. The second-order valence-corrected chi connectivity index (χ2v) is 5.28. The fraction of sp³-hybridized carbons (Fsp3) is 0.231. The van der Waals surface area contributed by atoms with E-state index in [-0.39, 0.29) is 0 Å². The normalized spacial score (nSPS) is 10.4. The van der Waals surface area contributed by atoms with Crippen LogP contribution in [0.3, 0.4) is 0 Å². The van der Waals surface area contributed by atoms with Crippen molar-refractivity contribution in [3.63, 3.8) is 0 Å². The van der Waals surface area contributed by atoms with Crippen LogP contribution in [0.4, 0.5) is 11.5 Å².